The number of rotatable bonds is 3. The summed E-state index contributed by atoms with van der Waals surface area (Å²) in [6, 6.07) is 9.85. The second-order valence-electron chi connectivity index (χ2n) is 3.45. The number of thioether (sulfide) groups is 1. The Morgan fingerprint density at radius 2 is 2.00 bits per heavy atom. The van der Waals surface area contributed by atoms with Crippen LogP contribution in [0.4, 0.5) is 5.69 Å². The maximum Gasteiger partial charge on any atom is 0.0507 e. The van der Waals surface area contributed by atoms with Crippen LogP contribution in [0.1, 0.15) is 5.69 Å². The van der Waals surface area contributed by atoms with Crippen molar-refractivity contribution in [1.82, 2.24) is 4.98 Å². The number of hydrogen-bond acceptors (Lipinski definition) is 3. The molecule has 0 aliphatic carbocycles. The largest absolute Gasteiger partial charge is 0.399 e. The molecule has 0 bridgehead atoms. The highest BCUT2D eigenvalue weighted by molar-refractivity contribution is 9.10. The highest BCUT2D eigenvalue weighted by Crippen LogP contribution is 2.31. The molecule has 0 amide bonds. The van der Waals surface area contributed by atoms with E-state index >= 15 is 0 Å². The summed E-state index contributed by atoms with van der Waals surface area (Å²) in [5.74, 6) is 0.843. The number of hydrogen-bond donors (Lipinski definition) is 1. The zero-order valence-electron chi connectivity index (χ0n) is 8.86. The molecule has 5 heteroatoms. The smallest absolute Gasteiger partial charge is 0.0507 e. The summed E-state index contributed by atoms with van der Waals surface area (Å²) in [4.78, 5) is 5.50. The van der Waals surface area contributed by atoms with Gasteiger partial charge in [0, 0.05) is 31.5 Å². The third-order valence-corrected chi connectivity index (χ3v) is 4.61. The van der Waals surface area contributed by atoms with Crippen molar-refractivity contribution < 1.29 is 0 Å². The minimum absolute atomic E-state index is 0.767. The van der Waals surface area contributed by atoms with Gasteiger partial charge < -0.3 is 5.73 Å². The maximum absolute atomic E-state index is 5.69. The van der Waals surface area contributed by atoms with Crippen molar-refractivity contribution in [3.05, 3.63) is 51.2 Å². The summed E-state index contributed by atoms with van der Waals surface area (Å²) in [6.07, 6.45) is 1.81. The van der Waals surface area contributed by atoms with Crippen LogP contribution < -0.4 is 5.73 Å². The Bertz CT molecular complexity index is 514. The zero-order valence-corrected chi connectivity index (χ0v) is 12.8. The van der Waals surface area contributed by atoms with E-state index in [0.717, 1.165) is 26.1 Å². The fourth-order valence-corrected chi connectivity index (χ4v) is 3.09. The van der Waals surface area contributed by atoms with E-state index in [9.17, 15) is 0 Å². The van der Waals surface area contributed by atoms with Crippen molar-refractivity contribution >= 4 is 49.3 Å². The molecule has 1 heterocycles. The lowest BCUT2D eigenvalue weighted by atomic mass is 10.3. The Morgan fingerprint density at radius 3 is 2.65 bits per heavy atom. The minimum atomic E-state index is 0.767. The Hall–Kier alpha value is -0.520. The zero-order chi connectivity index (χ0) is 12.3. The van der Waals surface area contributed by atoms with Gasteiger partial charge in [-0.05, 0) is 62.2 Å². The first-order chi connectivity index (χ1) is 8.15. The number of nitrogens with two attached hydrogens (primary N) is 1. The van der Waals surface area contributed by atoms with Gasteiger partial charge in [-0.25, -0.2) is 0 Å². The van der Waals surface area contributed by atoms with E-state index in [2.05, 4.69) is 36.8 Å². The van der Waals surface area contributed by atoms with Gasteiger partial charge in [-0.3, -0.25) is 4.98 Å². The summed E-state index contributed by atoms with van der Waals surface area (Å²) < 4.78 is 2.03. The lowest BCUT2D eigenvalue weighted by Gasteiger charge is -2.05. The summed E-state index contributed by atoms with van der Waals surface area (Å²) in [5.41, 5.74) is 7.52. The molecule has 2 aromatic rings. The number of anilines is 1. The molecule has 0 fully saturated rings. The molecule has 0 spiro atoms. The molecule has 2 rings (SSSR count). The molecule has 1 aromatic heterocycles. The summed E-state index contributed by atoms with van der Waals surface area (Å²) in [5, 5.41) is 0. The van der Waals surface area contributed by atoms with Crippen molar-refractivity contribution in [1.29, 1.82) is 0 Å². The van der Waals surface area contributed by atoms with Gasteiger partial charge in [0.25, 0.3) is 0 Å². The van der Waals surface area contributed by atoms with Crippen LogP contribution in [0.2, 0.25) is 0 Å². The molecule has 88 valence electrons. The van der Waals surface area contributed by atoms with E-state index in [-0.39, 0.29) is 0 Å². The number of nitrogens with zero attached hydrogens (tertiary/aromatic N) is 1. The predicted octanol–water partition coefficient (Wildman–Crippen LogP) is 4.48. The van der Waals surface area contributed by atoms with Crippen LogP contribution in [0.25, 0.3) is 0 Å². The summed E-state index contributed by atoms with van der Waals surface area (Å²) >= 11 is 8.61. The maximum atomic E-state index is 5.69. The number of pyridine rings is 1. The van der Waals surface area contributed by atoms with Crippen LogP contribution in [0.3, 0.4) is 0 Å². The van der Waals surface area contributed by atoms with Gasteiger partial charge in [0.2, 0.25) is 0 Å². The first-order valence-electron chi connectivity index (χ1n) is 4.93. The number of benzene rings is 1. The van der Waals surface area contributed by atoms with Crippen molar-refractivity contribution in [2.24, 2.45) is 0 Å². The van der Waals surface area contributed by atoms with Gasteiger partial charge >= 0.3 is 0 Å². The minimum Gasteiger partial charge on any atom is -0.399 e. The van der Waals surface area contributed by atoms with E-state index in [0.29, 0.717) is 0 Å². The van der Waals surface area contributed by atoms with E-state index in [1.807, 2.05) is 36.5 Å². The van der Waals surface area contributed by atoms with Gasteiger partial charge in [-0.2, -0.15) is 0 Å². The normalized spacial score (nSPS) is 10.5. The van der Waals surface area contributed by atoms with Crippen molar-refractivity contribution in [3.8, 4) is 0 Å². The molecular formula is C12H10Br2N2S. The first kappa shape index (κ1) is 12.9. The number of nitrogen functional groups attached to an aromatic ring is 1. The predicted molar refractivity (Wildman–Crippen MR) is 80.1 cm³/mol. The second-order valence-corrected chi connectivity index (χ2v) is 6.23. The molecular weight excluding hydrogens is 364 g/mol. The molecule has 0 radical (unpaired) electrons. The van der Waals surface area contributed by atoms with Crippen molar-refractivity contribution in [3.63, 3.8) is 0 Å². The highest BCUT2D eigenvalue weighted by atomic mass is 79.9. The van der Waals surface area contributed by atoms with E-state index in [1.54, 1.807) is 11.8 Å². The van der Waals surface area contributed by atoms with Gasteiger partial charge in [0.05, 0.1) is 5.69 Å². The fourth-order valence-electron chi connectivity index (χ4n) is 1.28. The monoisotopic (exact) mass is 372 g/mol. The third-order valence-electron chi connectivity index (χ3n) is 2.12. The van der Waals surface area contributed by atoms with E-state index in [1.165, 1.54) is 4.90 Å². The number of aromatic nitrogens is 1. The summed E-state index contributed by atoms with van der Waals surface area (Å²) in [6.45, 7) is 0. The van der Waals surface area contributed by atoms with Crippen LogP contribution in [0.5, 0.6) is 0 Å². The lowest BCUT2D eigenvalue weighted by molar-refractivity contribution is 1.16. The standard InChI is InChI=1S/C12H10Br2N2S/c13-8-1-3-10(16-6-8)7-17-12-4-2-9(15)5-11(12)14/h1-6H,7,15H2. The van der Waals surface area contributed by atoms with Crippen LogP contribution in [-0.2, 0) is 5.75 Å². The Balaban J connectivity index is 2.04. The molecule has 1 aromatic carbocycles. The third kappa shape index (κ3) is 3.72. The molecule has 2 nitrogen and oxygen atoms in total. The van der Waals surface area contributed by atoms with Gasteiger partial charge in [0.1, 0.15) is 0 Å². The molecule has 0 unspecified atom stereocenters. The fraction of sp³-hybridized carbons (Fsp3) is 0.0833. The van der Waals surface area contributed by atoms with Gasteiger partial charge in [-0.1, -0.05) is 0 Å². The first-order valence-corrected chi connectivity index (χ1v) is 7.50. The lowest BCUT2D eigenvalue weighted by Crippen LogP contribution is -1.87. The molecule has 2 N–H and O–H groups in total. The molecule has 0 atom stereocenters. The van der Waals surface area contributed by atoms with Crippen molar-refractivity contribution in [2.75, 3.05) is 5.73 Å². The van der Waals surface area contributed by atoms with Crippen LogP contribution in [-0.4, -0.2) is 4.98 Å². The molecule has 0 saturated heterocycles. The SMILES string of the molecule is Nc1ccc(SCc2ccc(Br)cn2)c(Br)c1. The highest BCUT2D eigenvalue weighted by Gasteiger charge is 2.02. The van der Waals surface area contributed by atoms with E-state index in [4.69, 9.17) is 5.73 Å². The average molecular weight is 374 g/mol. The quantitative estimate of drug-likeness (QED) is 0.636. The molecule has 0 saturated carbocycles. The van der Waals surface area contributed by atoms with Gasteiger partial charge in [0.15, 0.2) is 0 Å². The Morgan fingerprint density at radius 1 is 1.18 bits per heavy atom. The van der Waals surface area contributed by atoms with Gasteiger partial charge in [-0.15, -0.1) is 11.8 Å². The van der Waals surface area contributed by atoms with E-state index < -0.39 is 0 Å². The summed E-state index contributed by atoms with van der Waals surface area (Å²) in [7, 11) is 0. The van der Waals surface area contributed by atoms with Crippen LogP contribution in [0, 0.1) is 0 Å². The average Bonchev–Trinajstić information content (AvgIpc) is 2.30. The topological polar surface area (TPSA) is 38.9 Å². The molecule has 17 heavy (non-hydrogen) atoms. The molecule has 0 aliphatic rings. The Labute approximate surface area is 121 Å². The van der Waals surface area contributed by atoms with Crippen LogP contribution >= 0.6 is 43.6 Å². The second kappa shape index (κ2) is 5.89. The van der Waals surface area contributed by atoms with Crippen LogP contribution in [0.15, 0.2) is 50.4 Å². The Kier molecular flexibility index (Phi) is 4.48. The van der Waals surface area contributed by atoms with Crippen molar-refractivity contribution in [2.45, 2.75) is 10.6 Å². The number of halogens is 2. The molecule has 0 aliphatic heterocycles.